The molecule has 0 aromatic heterocycles. The lowest BCUT2D eigenvalue weighted by Crippen LogP contribution is -2.54. The Morgan fingerprint density at radius 1 is 0.867 bits per heavy atom. The Morgan fingerprint density at radius 3 is 2.20 bits per heavy atom. The Morgan fingerprint density at radius 2 is 1.53 bits per heavy atom. The van der Waals surface area contributed by atoms with Crippen molar-refractivity contribution >= 4 is 35.3 Å². The summed E-state index contributed by atoms with van der Waals surface area (Å²) >= 11 is 0. The van der Waals surface area contributed by atoms with Gasteiger partial charge in [0.25, 0.3) is 11.8 Å². The van der Waals surface area contributed by atoms with Gasteiger partial charge in [0.15, 0.2) is 0 Å². The quantitative estimate of drug-likeness (QED) is 0.620. The van der Waals surface area contributed by atoms with E-state index in [2.05, 4.69) is 10.2 Å². The first-order chi connectivity index (χ1) is 14.5. The smallest absolute Gasteiger partial charge is 0.335 e. The van der Waals surface area contributed by atoms with E-state index in [0.717, 1.165) is 34.8 Å². The molecule has 30 heavy (non-hydrogen) atoms. The number of rotatable bonds is 3. The second-order valence-electron chi connectivity index (χ2n) is 7.74. The molecule has 0 bridgehead atoms. The van der Waals surface area contributed by atoms with Gasteiger partial charge in [0.2, 0.25) is 0 Å². The predicted octanol–water partition coefficient (Wildman–Crippen LogP) is 4.04. The number of nitrogens with zero attached hydrogens (tertiary/aromatic N) is 2. The average Bonchev–Trinajstić information content (AvgIpc) is 3.02. The molecule has 2 heterocycles. The van der Waals surface area contributed by atoms with E-state index in [1.165, 1.54) is 25.7 Å². The van der Waals surface area contributed by atoms with Crippen molar-refractivity contribution in [1.82, 2.24) is 5.32 Å². The maximum atomic E-state index is 13.0. The van der Waals surface area contributed by atoms with Crippen molar-refractivity contribution in [2.75, 3.05) is 22.9 Å². The number of carbonyl (C=O) groups is 3. The summed E-state index contributed by atoms with van der Waals surface area (Å²) in [5.41, 5.74) is 3.08. The summed E-state index contributed by atoms with van der Waals surface area (Å²) in [4.78, 5) is 41.2. The van der Waals surface area contributed by atoms with Crippen molar-refractivity contribution in [2.45, 2.75) is 32.6 Å². The van der Waals surface area contributed by atoms with E-state index in [0.29, 0.717) is 5.69 Å². The van der Waals surface area contributed by atoms with Crippen LogP contribution in [0.2, 0.25) is 0 Å². The number of anilines is 2. The lowest BCUT2D eigenvalue weighted by Gasteiger charge is -2.27. The minimum atomic E-state index is -0.729. The maximum Gasteiger partial charge on any atom is 0.335 e. The number of benzene rings is 2. The van der Waals surface area contributed by atoms with Crippen LogP contribution in [0.5, 0.6) is 0 Å². The second-order valence-corrected chi connectivity index (χ2v) is 7.74. The summed E-state index contributed by atoms with van der Waals surface area (Å²) < 4.78 is 0. The highest BCUT2D eigenvalue weighted by molar-refractivity contribution is 6.39. The molecule has 2 aromatic rings. The van der Waals surface area contributed by atoms with Crippen LogP contribution in [-0.4, -0.2) is 30.9 Å². The molecule has 0 aliphatic carbocycles. The van der Waals surface area contributed by atoms with Gasteiger partial charge < -0.3 is 4.90 Å². The Kier molecular flexibility index (Phi) is 5.65. The number of hydrogen-bond donors (Lipinski definition) is 1. The van der Waals surface area contributed by atoms with Crippen molar-refractivity contribution in [3.05, 3.63) is 65.2 Å². The third kappa shape index (κ3) is 3.99. The molecule has 1 N–H and O–H groups in total. The molecule has 2 aliphatic heterocycles. The van der Waals surface area contributed by atoms with Gasteiger partial charge >= 0.3 is 6.03 Å². The molecule has 0 unspecified atom stereocenters. The fraction of sp³-hybridized carbons (Fsp3) is 0.292. The van der Waals surface area contributed by atoms with Gasteiger partial charge in [0, 0.05) is 18.8 Å². The van der Waals surface area contributed by atoms with Gasteiger partial charge in [-0.25, -0.2) is 9.69 Å². The third-order valence-electron chi connectivity index (χ3n) is 5.63. The Bertz CT molecular complexity index is 1000. The number of para-hydroxylation sites is 1. The monoisotopic (exact) mass is 403 g/mol. The van der Waals surface area contributed by atoms with E-state index < -0.39 is 17.8 Å². The minimum absolute atomic E-state index is 0.0552. The van der Waals surface area contributed by atoms with Crippen molar-refractivity contribution in [2.24, 2.45) is 0 Å². The molecule has 0 atom stereocenters. The fourth-order valence-corrected chi connectivity index (χ4v) is 3.97. The standard InChI is InChI=1S/C24H25N3O3/c1-17-8-4-5-9-21(17)27-23(29)20(22(28)25-24(27)30)16-18-10-12-19(13-11-18)26-14-6-2-3-7-15-26/h4-5,8-13,16H,2-3,6-7,14-15H2,1H3,(H,25,28,30)/b20-16+. The van der Waals surface area contributed by atoms with Crippen LogP contribution in [0.1, 0.15) is 36.8 Å². The van der Waals surface area contributed by atoms with Gasteiger partial charge in [0.1, 0.15) is 5.57 Å². The number of nitrogens with one attached hydrogen (secondary N) is 1. The number of hydrogen-bond acceptors (Lipinski definition) is 4. The van der Waals surface area contributed by atoms with Crippen LogP contribution in [0.25, 0.3) is 6.08 Å². The predicted molar refractivity (Wildman–Crippen MR) is 117 cm³/mol. The van der Waals surface area contributed by atoms with Gasteiger partial charge in [-0.05, 0) is 55.2 Å². The molecule has 154 valence electrons. The van der Waals surface area contributed by atoms with Crippen LogP contribution >= 0.6 is 0 Å². The molecular formula is C24H25N3O3. The highest BCUT2D eigenvalue weighted by Gasteiger charge is 2.37. The van der Waals surface area contributed by atoms with Gasteiger partial charge in [-0.2, -0.15) is 0 Å². The molecule has 2 aromatic carbocycles. The number of barbiturate groups is 1. The Balaban J connectivity index is 1.60. The van der Waals surface area contributed by atoms with E-state index in [1.54, 1.807) is 18.2 Å². The number of amides is 4. The van der Waals surface area contributed by atoms with E-state index >= 15 is 0 Å². The van der Waals surface area contributed by atoms with Crippen molar-refractivity contribution in [1.29, 1.82) is 0 Å². The van der Waals surface area contributed by atoms with Crippen LogP contribution in [0.4, 0.5) is 16.2 Å². The molecule has 4 rings (SSSR count). The van der Waals surface area contributed by atoms with Crippen LogP contribution < -0.4 is 15.1 Å². The summed E-state index contributed by atoms with van der Waals surface area (Å²) in [6.07, 6.45) is 6.48. The highest BCUT2D eigenvalue weighted by Crippen LogP contribution is 2.26. The molecule has 2 aliphatic rings. The lowest BCUT2D eigenvalue weighted by atomic mass is 10.1. The molecular weight excluding hydrogens is 378 g/mol. The number of urea groups is 1. The zero-order chi connectivity index (χ0) is 21.1. The molecule has 0 radical (unpaired) electrons. The SMILES string of the molecule is Cc1ccccc1N1C(=O)NC(=O)/C(=C\c2ccc(N3CCCCCC3)cc2)C1=O. The Hall–Kier alpha value is -3.41. The van der Waals surface area contributed by atoms with E-state index in [4.69, 9.17) is 0 Å². The summed E-state index contributed by atoms with van der Waals surface area (Å²) in [7, 11) is 0. The van der Waals surface area contributed by atoms with Crippen LogP contribution in [0.15, 0.2) is 54.1 Å². The molecule has 4 amide bonds. The fourth-order valence-electron chi connectivity index (χ4n) is 3.97. The number of carbonyl (C=O) groups excluding carboxylic acids is 3. The highest BCUT2D eigenvalue weighted by atomic mass is 16.2. The third-order valence-corrected chi connectivity index (χ3v) is 5.63. The van der Waals surface area contributed by atoms with Gasteiger partial charge in [-0.1, -0.05) is 43.2 Å². The average molecular weight is 403 g/mol. The van der Waals surface area contributed by atoms with Crippen LogP contribution in [0, 0.1) is 6.92 Å². The summed E-state index contributed by atoms with van der Waals surface area (Å²) in [5.74, 6) is -1.29. The molecule has 6 nitrogen and oxygen atoms in total. The zero-order valence-corrected chi connectivity index (χ0v) is 17.1. The topological polar surface area (TPSA) is 69.7 Å². The molecule has 6 heteroatoms. The molecule has 0 spiro atoms. The van der Waals surface area contributed by atoms with Crippen LogP contribution in [0.3, 0.4) is 0 Å². The maximum absolute atomic E-state index is 13.0. The lowest BCUT2D eigenvalue weighted by molar-refractivity contribution is -0.122. The molecule has 0 saturated carbocycles. The molecule has 2 saturated heterocycles. The normalized spacial score (nSPS) is 19.1. The first-order valence-corrected chi connectivity index (χ1v) is 10.4. The summed E-state index contributed by atoms with van der Waals surface area (Å²) in [6.45, 7) is 3.92. The van der Waals surface area contributed by atoms with Crippen LogP contribution in [-0.2, 0) is 9.59 Å². The largest absolute Gasteiger partial charge is 0.372 e. The van der Waals surface area contributed by atoms with Crippen molar-refractivity contribution in [3.8, 4) is 0 Å². The first kappa shape index (κ1) is 19.9. The minimum Gasteiger partial charge on any atom is -0.372 e. The van der Waals surface area contributed by atoms with E-state index in [1.807, 2.05) is 43.3 Å². The van der Waals surface area contributed by atoms with Gasteiger partial charge in [0.05, 0.1) is 5.69 Å². The number of aryl methyl sites for hydroxylation is 1. The van der Waals surface area contributed by atoms with Gasteiger partial charge in [-0.15, -0.1) is 0 Å². The first-order valence-electron chi connectivity index (χ1n) is 10.4. The second kappa shape index (κ2) is 8.53. The number of imide groups is 2. The van der Waals surface area contributed by atoms with E-state index in [-0.39, 0.29) is 5.57 Å². The van der Waals surface area contributed by atoms with Gasteiger partial charge in [-0.3, -0.25) is 14.9 Å². The van der Waals surface area contributed by atoms with Crippen molar-refractivity contribution < 1.29 is 14.4 Å². The van der Waals surface area contributed by atoms with Crippen molar-refractivity contribution in [3.63, 3.8) is 0 Å². The molecule has 2 fully saturated rings. The summed E-state index contributed by atoms with van der Waals surface area (Å²) in [5, 5.41) is 2.28. The summed E-state index contributed by atoms with van der Waals surface area (Å²) in [6, 6.07) is 14.2. The Labute approximate surface area is 176 Å². The van der Waals surface area contributed by atoms with E-state index in [9.17, 15) is 14.4 Å². The zero-order valence-electron chi connectivity index (χ0n) is 17.1.